The summed E-state index contributed by atoms with van der Waals surface area (Å²) in [5.74, 6) is -3.31. The number of hydrogen-bond donors (Lipinski definition) is 0. The van der Waals surface area contributed by atoms with Crippen LogP contribution in [0.3, 0.4) is 0 Å². The third-order valence-corrected chi connectivity index (χ3v) is 6.52. The summed E-state index contributed by atoms with van der Waals surface area (Å²) in [5.41, 5.74) is 1.31. The molecular formula is C29H38N2O8. The Morgan fingerprint density at radius 2 is 1.59 bits per heavy atom. The number of aryl methyl sites for hydroxylation is 1. The van der Waals surface area contributed by atoms with Gasteiger partial charge in [0.05, 0.1) is 30.3 Å². The summed E-state index contributed by atoms with van der Waals surface area (Å²) in [7, 11) is 0. The molecular weight excluding hydrogens is 504 g/mol. The average molecular weight is 543 g/mol. The van der Waals surface area contributed by atoms with Crippen LogP contribution >= 0.6 is 0 Å². The van der Waals surface area contributed by atoms with Gasteiger partial charge in [-0.2, -0.15) is 0 Å². The smallest absolute Gasteiger partial charge is 0.419 e. The third-order valence-electron chi connectivity index (χ3n) is 6.52. The topological polar surface area (TPSA) is 121 Å². The van der Waals surface area contributed by atoms with Crippen molar-refractivity contribution in [3.05, 3.63) is 29.0 Å². The molecule has 39 heavy (non-hydrogen) atoms. The fraction of sp³-hybridized carbons (Fsp3) is 0.552. The van der Waals surface area contributed by atoms with E-state index in [-0.39, 0.29) is 24.7 Å². The fourth-order valence-electron chi connectivity index (χ4n) is 4.91. The van der Waals surface area contributed by atoms with Gasteiger partial charge in [0.25, 0.3) is 0 Å². The molecule has 3 rings (SSSR count). The summed E-state index contributed by atoms with van der Waals surface area (Å²) >= 11 is 0. The molecule has 10 nitrogen and oxygen atoms in total. The Balaban J connectivity index is 2.36. The molecule has 1 aromatic carbocycles. The highest BCUT2D eigenvalue weighted by Crippen LogP contribution is 2.43. The first-order valence-electron chi connectivity index (χ1n) is 13.4. The van der Waals surface area contributed by atoms with E-state index < -0.39 is 41.5 Å². The molecule has 2 heterocycles. The van der Waals surface area contributed by atoms with Crippen molar-refractivity contribution in [2.75, 3.05) is 18.1 Å². The maximum Gasteiger partial charge on any atom is 0.419 e. The number of amides is 1. The van der Waals surface area contributed by atoms with Crippen LogP contribution in [0, 0.1) is 0 Å². The zero-order valence-corrected chi connectivity index (χ0v) is 24.0. The Kier molecular flexibility index (Phi) is 8.87. The molecule has 0 N–H and O–H groups in total. The first-order valence-corrected chi connectivity index (χ1v) is 13.4. The van der Waals surface area contributed by atoms with Crippen LogP contribution in [0.5, 0.6) is 0 Å². The first kappa shape index (κ1) is 29.9. The lowest BCUT2D eigenvalue weighted by atomic mass is 9.98. The summed E-state index contributed by atoms with van der Waals surface area (Å²) in [6.07, 6.45) is 1.39. The Morgan fingerprint density at radius 1 is 1.00 bits per heavy atom. The average Bonchev–Trinajstić information content (AvgIpc) is 3.28. The summed E-state index contributed by atoms with van der Waals surface area (Å²) < 4.78 is 17.2. The number of ketones is 1. The highest BCUT2D eigenvalue weighted by Gasteiger charge is 2.47. The van der Waals surface area contributed by atoms with E-state index >= 15 is 0 Å². The van der Waals surface area contributed by atoms with Crippen LogP contribution in [-0.4, -0.2) is 59.1 Å². The summed E-state index contributed by atoms with van der Waals surface area (Å²) in [4.78, 5) is 66.8. The number of hydrogen-bond acceptors (Lipinski definition) is 8. The predicted octanol–water partition coefficient (Wildman–Crippen LogP) is 4.91. The lowest BCUT2D eigenvalue weighted by molar-refractivity contribution is -0.157. The third kappa shape index (κ3) is 5.69. The number of nitrogens with zero attached hydrogens (tertiary/aromatic N) is 2. The molecule has 0 spiro atoms. The maximum atomic E-state index is 13.5. The molecule has 0 saturated heterocycles. The van der Waals surface area contributed by atoms with E-state index in [4.69, 9.17) is 14.2 Å². The van der Waals surface area contributed by atoms with Gasteiger partial charge in [-0.1, -0.05) is 13.3 Å². The fourth-order valence-corrected chi connectivity index (χ4v) is 4.91. The Labute approximate surface area is 228 Å². The normalized spacial score (nSPS) is 15.1. The van der Waals surface area contributed by atoms with Crippen molar-refractivity contribution in [3.8, 4) is 0 Å². The molecule has 1 unspecified atom stereocenters. The van der Waals surface area contributed by atoms with E-state index in [0.717, 1.165) is 17.7 Å². The van der Waals surface area contributed by atoms with Crippen molar-refractivity contribution in [1.82, 2.24) is 4.57 Å². The number of ether oxygens (including phenoxy) is 3. The van der Waals surface area contributed by atoms with Gasteiger partial charge in [-0.25, -0.2) is 19.0 Å². The predicted molar refractivity (Wildman–Crippen MR) is 145 cm³/mol. The molecule has 1 aliphatic rings. The molecule has 0 aliphatic carbocycles. The molecule has 2 aromatic rings. The van der Waals surface area contributed by atoms with Gasteiger partial charge in [-0.3, -0.25) is 14.5 Å². The van der Waals surface area contributed by atoms with E-state index in [1.807, 2.05) is 6.92 Å². The zero-order valence-electron chi connectivity index (χ0n) is 24.0. The molecule has 0 radical (unpaired) electrons. The number of esters is 2. The number of unbranched alkanes of at least 4 members (excludes halogenated alkanes) is 1. The second kappa shape index (κ2) is 11.6. The van der Waals surface area contributed by atoms with Crippen LogP contribution in [0.1, 0.15) is 95.8 Å². The number of Topliss-reactive ketones (excluding diaryl/α,β-unsaturated/α-hetero) is 1. The van der Waals surface area contributed by atoms with Gasteiger partial charge in [-0.15, -0.1) is 0 Å². The molecule has 0 bridgehead atoms. The minimum atomic E-state index is -1.63. The van der Waals surface area contributed by atoms with Crippen molar-refractivity contribution in [1.29, 1.82) is 0 Å². The van der Waals surface area contributed by atoms with Gasteiger partial charge in [-0.05, 0) is 77.6 Å². The number of anilines is 1. The van der Waals surface area contributed by atoms with Crippen molar-refractivity contribution >= 4 is 46.3 Å². The molecule has 1 amide bonds. The minimum absolute atomic E-state index is 0.0140. The molecule has 1 aliphatic heterocycles. The van der Waals surface area contributed by atoms with Crippen molar-refractivity contribution in [2.45, 2.75) is 92.2 Å². The number of carbonyl (C=O) groups is 5. The van der Waals surface area contributed by atoms with E-state index in [1.165, 1.54) is 11.5 Å². The lowest BCUT2D eigenvalue weighted by Gasteiger charge is -2.25. The lowest BCUT2D eigenvalue weighted by Crippen LogP contribution is -2.50. The number of benzene rings is 1. The maximum absolute atomic E-state index is 13.5. The summed E-state index contributed by atoms with van der Waals surface area (Å²) in [5, 5.41) is 0.566. The van der Waals surface area contributed by atoms with Gasteiger partial charge in [0.2, 0.25) is 11.9 Å². The standard InChI is InChI=1S/C29H38N2O8/c1-9-12-13-18-20-15-21-19(14-22(20)31(23(18)17(5)32)28(36)39-29(6,7)8)16(4)25(33)30(21)24(26(34)37-10-2)27(35)38-11-3/h14-16,24H,9-13H2,1-8H3. The van der Waals surface area contributed by atoms with E-state index in [0.29, 0.717) is 34.1 Å². The van der Waals surface area contributed by atoms with Crippen LogP contribution in [0.15, 0.2) is 12.1 Å². The van der Waals surface area contributed by atoms with Crippen LogP contribution < -0.4 is 4.90 Å². The van der Waals surface area contributed by atoms with Gasteiger partial charge in [0.1, 0.15) is 5.60 Å². The molecule has 1 atom stereocenters. The highest BCUT2D eigenvalue weighted by atomic mass is 16.6. The van der Waals surface area contributed by atoms with Gasteiger partial charge in [0, 0.05) is 18.0 Å². The monoisotopic (exact) mass is 542 g/mol. The zero-order chi connectivity index (χ0) is 29.2. The van der Waals surface area contributed by atoms with Gasteiger partial charge >= 0.3 is 18.0 Å². The molecule has 0 fully saturated rings. The van der Waals surface area contributed by atoms with E-state index in [1.54, 1.807) is 53.7 Å². The number of aromatic nitrogens is 1. The number of rotatable bonds is 9. The quantitative estimate of drug-likeness (QED) is 0.190. The largest absolute Gasteiger partial charge is 0.464 e. The Morgan fingerprint density at radius 3 is 2.08 bits per heavy atom. The summed E-state index contributed by atoms with van der Waals surface area (Å²) in [6.45, 7) is 13.5. The van der Waals surface area contributed by atoms with Gasteiger partial charge < -0.3 is 14.2 Å². The first-order chi connectivity index (χ1) is 18.3. The second-order valence-corrected chi connectivity index (χ2v) is 10.6. The van der Waals surface area contributed by atoms with Crippen LogP contribution in [0.2, 0.25) is 0 Å². The van der Waals surface area contributed by atoms with Gasteiger partial charge in [0.15, 0.2) is 5.78 Å². The molecule has 0 saturated carbocycles. The number of fused-ring (bicyclic) bond motifs is 2. The van der Waals surface area contributed by atoms with Crippen molar-refractivity contribution in [2.24, 2.45) is 0 Å². The van der Waals surface area contributed by atoms with Crippen LogP contribution in [0.4, 0.5) is 10.5 Å². The van der Waals surface area contributed by atoms with Crippen molar-refractivity contribution < 1.29 is 38.2 Å². The van der Waals surface area contributed by atoms with E-state index in [2.05, 4.69) is 0 Å². The minimum Gasteiger partial charge on any atom is -0.464 e. The summed E-state index contributed by atoms with van der Waals surface area (Å²) in [6, 6.07) is 1.72. The molecule has 10 heteroatoms. The van der Waals surface area contributed by atoms with E-state index in [9.17, 15) is 24.0 Å². The highest BCUT2D eigenvalue weighted by molar-refractivity contribution is 6.17. The van der Waals surface area contributed by atoms with Crippen molar-refractivity contribution in [3.63, 3.8) is 0 Å². The number of carbonyl (C=O) groups excluding carboxylic acids is 5. The molecule has 1 aromatic heterocycles. The van der Waals surface area contributed by atoms with Crippen LogP contribution in [0.25, 0.3) is 10.9 Å². The second-order valence-electron chi connectivity index (χ2n) is 10.6. The molecule has 212 valence electrons. The van der Waals surface area contributed by atoms with Crippen LogP contribution in [-0.2, 0) is 35.0 Å². The Bertz CT molecular complexity index is 1300. The Hall–Kier alpha value is -3.69. The SMILES string of the molecule is CCCCc1c(C(C)=O)n(C(=O)OC(C)(C)C)c2cc3c(cc12)N(C(C(=O)OCC)C(=O)OCC)C(=O)C3C.